The van der Waals surface area contributed by atoms with Gasteiger partial charge in [-0.25, -0.2) is 4.39 Å². The number of hydrogen-bond donors (Lipinski definition) is 1. The molecule has 6 nitrogen and oxygen atoms in total. The van der Waals surface area contributed by atoms with Crippen molar-refractivity contribution in [2.75, 3.05) is 0 Å². The van der Waals surface area contributed by atoms with Crippen molar-refractivity contribution in [3.63, 3.8) is 0 Å². The van der Waals surface area contributed by atoms with E-state index in [0.717, 1.165) is 0 Å². The molecule has 7 heteroatoms. The molecule has 0 fully saturated rings. The number of benzene rings is 1. The highest BCUT2D eigenvalue weighted by molar-refractivity contribution is 5.22. The van der Waals surface area contributed by atoms with Crippen molar-refractivity contribution in [2.24, 2.45) is 0 Å². The van der Waals surface area contributed by atoms with Gasteiger partial charge in [0.1, 0.15) is 11.9 Å². The molecule has 0 aliphatic rings. The average molecular weight is 265 g/mol. The van der Waals surface area contributed by atoms with Crippen molar-refractivity contribution < 1.29 is 14.4 Å². The summed E-state index contributed by atoms with van der Waals surface area (Å²) in [6.45, 7) is 1.68. The summed E-state index contributed by atoms with van der Waals surface area (Å²) in [5.74, 6) is -0.719. The molecule has 0 aliphatic carbocycles. The van der Waals surface area contributed by atoms with Crippen LogP contribution >= 0.6 is 0 Å². The Morgan fingerprint density at radius 3 is 2.84 bits per heavy atom. The lowest BCUT2D eigenvalue weighted by atomic mass is 10.1. The van der Waals surface area contributed by atoms with E-state index in [1.807, 2.05) is 0 Å². The number of aliphatic hydroxyl groups is 1. The average Bonchev–Trinajstić information content (AvgIpc) is 2.71. The van der Waals surface area contributed by atoms with Gasteiger partial charge < -0.3 is 15.2 Å². The van der Waals surface area contributed by atoms with E-state index in [9.17, 15) is 19.6 Å². The molecule has 2 rings (SSSR count). The molecule has 0 spiro atoms. The monoisotopic (exact) mass is 265 g/mol. The Bertz CT molecular complexity index is 612. The largest absolute Gasteiger partial charge is 0.390 e. The molecule has 0 saturated heterocycles. The molecule has 1 aromatic carbocycles. The highest BCUT2D eigenvalue weighted by atomic mass is 19.1. The zero-order valence-corrected chi connectivity index (χ0v) is 10.2. The number of aryl methyl sites for hydroxylation is 1. The third-order valence-electron chi connectivity index (χ3n) is 2.73. The van der Waals surface area contributed by atoms with Crippen LogP contribution in [0.3, 0.4) is 0 Å². The van der Waals surface area contributed by atoms with Gasteiger partial charge >= 0.3 is 5.82 Å². The number of nitro groups is 1. The fourth-order valence-electron chi connectivity index (χ4n) is 1.75. The van der Waals surface area contributed by atoms with Gasteiger partial charge in [-0.15, -0.1) is 0 Å². The third-order valence-corrected chi connectivity index (χ3v) is 2.73. The summed E-state index contributed by atoms with van der Waals surface area (Å²) < 4.78 is 14.4. The van der Waals surface area contributed by atoms with Crippen molar-refractivity contribution in [3.05, 3.63) is 57.5 Å². The number of nitrogens with zero attached hydrogens (tertiary/aromatic N) is 3. The van der Waals surface area contributed by atoms with Gasteiger partial charge in [0.15, 0.2) is 0 Å². The molecule has 0 radical (unpaired) electrons. The van der Waals surface area contributed by atoms with E-state index >= 15 is 0 Å². The number of aliphatic hydroxyl groups excluding tert-OH is 1. The maximum absolute atomic E-state index is 13.0. The van der Waals surface area contributed by atoms with E-state index in [4.69, 9.17) is 0 Å². The Kier molecular flexibility index (Phi) is 3.57. The first-order valence-electron chi connectivity index (χ1n) is 5.60. The molecule has 1 unspecified atom stereocenters. The summed E-state index contributed by atoms with van der Waals surface area (Å²) in [4.78, 5) is 9.99. The molecule has 0 saturated carbocycles. The zero-order valence-electron chi connectivity index (χ0n) is 10.2. The van der Waals surface area contributed by atoms with E-state index in [2.05, 4.69) is 5.10 Å². The second-order valence-corrected chi connectivity index (χ2v) is 4.15. The third kappa shape index (κ3) is 2.94. The normalized spacial score (nSPS) is 12.4. The van der Waals surface area contributed by atoms with Crippen molar-refractivity contribution in [2.45, 2.75) is 19.6 Å². The Labute approximate surface area is 108 Å². The summed E-state index contributed by atoms with van der Waals surface area (Å²) >= 11 is 0. The van der Waals surface area contributed by atoms with Crippen molar-refractivity contribution >= 4 is 5.82 Å². The number of aromatic nitrogens is 2. The lowest BCUT2D eigenvalue weighted by molar-refractivity contribution is -0.389. The Balaban J connectivity index is 2.19. The number of rotatable bonds is 4. The van der Waals surface area contributed by atoms with Crippen LogP contribution in [0.5, 0.6) is 0 Å². The first-order chi connectivity index (χ1) is 8.97. The molecular formula is C12H12FN3O3. The van der Waals surface area contributed by atoms with Gasteiger partial charge in [-0.1, -0.05) is 12.1 Å². The standard InChI is InChI=1S/C12H12FN3O3/c1-8-5-12(16(18)19)14-15(8)7-11(17)9-3-2-4-10(13)6-9/h2-6,11,17H,7H2,1H3. The topological polar surface area (TPSA) is 81.2 Å². The maximum Gasteiger partial charge on any atom is 0.390 e. The van der Waals surface area contributed by atoms with Gasteiger partial charge in [0.25, 0.3) is 0 Å². The van der Waals surface area contributed by atoms with Crippen molar-refractivity contribution in [1.29, 1.82) is 0 Å². The van der Waals surface area contributed by atoms with E-state index < -0.39 is 16.8 Å². The van der Waals surface area contributed by atoms with Crippen LogP contribution in [0.1, 0.15) is 17.4 Å². The minimum atomic E-state index is -0.978. The van der Waals surface area contributed by atoms with Crippen LogP contribution in [0.2, 0.25) is 0 Å². The minimum Gasteiger partial charge on any atom is -0.386 e. The molecule has 0 amide bonds. The molecule has 2 aromatic rings. The molecule has 1 N–H and O–H groups in total. The van der Waals surface area contributed by atoms with Gasteiger partial charge in [-0.3, -0.25) is 0 Å². The van der Waals surface area contributed by atoms with E-state index in [1.54, 1.807) is 13.0 Å². The lowest BCUT2D eigenvalue weighted by Gasteiger charge is -2.10. The predicted octanol–water partition coefficient (Wildman–Crippen LogP) is 1.97. The quantitative estimate of drug-likeness (QED) is 0.677. The molecule has 0 aliphatic heterocycles. The van der Waals surface area contributed by atoms with E-state index in [-0.39, 0.29) is 12.4 Å². The predicted molar refractivity (Wildman–Crippen MR) is 65.0 cm³/mol. The van der Waals surface area contributed by atoms with Gasteiger partial charge in [0.2, 0.25) is 0 Å². The summed E-state index contributed by atoms with van der Waals surface area (Å²) in [5.41, 5.74) is 0.958. The summed E-state index contributed by atoms with van der Waals surface area (Å²) in [7, 11) is 0. The summed E-state index contributed by atoms with van der Waals surface area (Å²) in [5, 5.41) is 24.3. The Morgan fingerprint density at radius 1 is 1.53 bits per heavy atom. The Hall–Kier alpha value is -2.28. The van der Waals surface area contributed by atoms with Gasteiger partial charge in [0, 0.05) is 0 Å². The van der Waals surface area contributed by atoms with Crippen molar-refractivity contribution in [1.82, 2.24) is 9.78 Å². The van der Waals surface area contributed by atoms with Gasteiger partial charge in [-0.2, -0.15) is 4.68 Å². The first kappa shape index (κ1) is 13.2. The smallest absolute Gasteiger partial charge is 0.386 e. The van der Waals surface area contributed by atoms with E-state index in [1.165, 1.54) is 28.9 Å². The minimum absolute atomic E-state index is 0.0309. The Morgan fingerprint density at radius 2 is 2.26 bits per heavy atom. The van der Waals surface area contributed by atoms with Crippen LogP contribution in [-0.2, 0) is 6.54 Å². The molecule has 0 bridgehead atoms. The highest BCUT2D eigenvalue weighted by Gasteiger charge is 2.18. The van der Waals surface area contributed by atoms with Crippen LogP contribution in [0, 0.1) is 22.9 Å². The molecular weight excluding hydrogens is 253 g/mol. The lowest BCUT2D eigenvalue weighted by Crippen LogP contribution is -2.11. The summed E-state index contributed by atoms with van der Waals surface area (Å²) in [6, 6.07) is 6.89. The van der Waals surface area contributed by atoms with Crippen LogP contribution in [0.4, 0.5) is 10.2 Å². The fourth-order valence-corrected chi connectivity index (χ4v) is 1.75. The first-order valence-corrected chi connectivity index (χ1v) is 5.60. The maximum atomic E-state index is 13.0. The zero-order chi connectivity index (χ0) is 14.0. The van der Waals surface area contributed by atoms with Crippen LogP contribution in [-0.4, -0.2) is 19.8 Å². The summed E-state index contributed by atoms with van der Waals surface area (Å²) in [6.07, 6.45) is -0.978. The second kappa shape index (κ2) is 5.15. The molecule has 1 aromatic heterocycles. The molecule has 1 atom stereocenters. The van der Waals surface area contributed by atoms with Gasteiger partial charge in [0.05, 0.1) is 23.4 Å². The van der Waals surface area contributed by atoms with Crippen LogP contribution < -0.4 is 0 Å². The SMILES string of the molecule is Cc1cc([N+](=O)[O-])nn1CC(O)c1cccc(F)c1. The number of hydrogen-bond acceptors (Lipinski definition) is 4. The molecule has 19 heavy (non-hydrogen) atoms. The highest BCUT2D eigenvalue weighted by Crippen LogP contribution is 2.18. The van der Waals surface area contributed by atoms with E-state index in [0.29, 0.717) is 11.3 Å². The molecule has 100 valence electrons. The second-order valence-electron chi connectivity index (χ2n) is 4.15. The van der Waals surface area contributed by atoms with Crippen LogP contribution in [0.25, 0.3) is 0 Å². The van der Waals surface area contributed by atoms with Gasteiger partial charge in [-0.05, 0) is 29.5 Å². The van der Waals surface area contributed by atoms with Crippen LogP contribution in [0.15, 0.2) is 30.3 Å². The molecule has 1 heterocycles. The fraction of sp³-hybridized carbons (Fsp3) is 0.250. The van der Waals surface area contributed by atoms with Crippen molar-refractivity contribution in [3.8, 4) is 0 Å². The number of halogens is 1.